The number of nitrogens with zero attached hydrogens (tertiary/aromatic N) is 1. The van der Waals surface area contributed by atoms with Gasteiger partial charge in [0.1, 0.15) is 5.82 Å². The van der Waals surface area contributed by atoms with Gasteiger partial charge in [-0.3, -0.25) is 0 Å². The largest absolute Gasteiger partial charge is 0.477 e. The van der Waals surface area contributed by atoms with E-state index in [-0.39, 0.29) is 5.82 Å². The molecule has 0 aliphatic carbocycles. The Labute approximate surface area is 95.0 Å². The molecule has 3 nitrogen and oxygen atoms in total. The summed E-state index contributed by atoms with van der Waals surface area (Å²) < 4.78 is 18.5. The van der Waals surface area contributed by atoms with Crippen molar-refractivity contribution in [2.24, 2.45) is 5.92 Å². The van der Waals surface area contributed by atoms with Crippen molar-refractivity contribution >= 4 is 0 Å². The quantitative estimate of drug-likeness (QED) is 0.851. The summed E-state index contributed by atoms with van der Waals surface area (Å²) in [5, 5.41) is 3.31. The van der Waals surface area contributed by atoms with E-state index < -0.39 is 0 Å². The van der Waals surface area contributed by atoms with Crippen LogP contribution in [0.5, 0.6) is 5.88 Å². The van der Waals surface area contributed by atoms with Crippen LogP contribution in [0.25, 0.3) is 0 Å². The van der Waals surface area contributed by atoms with Crippen LogP contribution < -0.4 is 10.1 Å². The van der Waals surface area contributed by atoms with E-state index >= 15 is 0 Å². The molecule has 1 aliphatic rings. The molecule has 0 atom stereocenters. The molecule has 16 heavy (non-hydrogen) atoms. The Morgan fingerprint density at radius 2 is 2.19 bits per heavy atom. The Balaban J connectivity index is 1.86. The molecule has 0 spiro atoms. The lowest BCUT2D eigenvalue weighted by molar-refractivity contribution is 0.208. The Bertz CT molecular complexity index is 351. The molecule has 4 heteroatoms. The van der Waals surface area contributed by atoms with Gasteiger partial charge in [-0.1, -0.05) is 0 Å². The highest BCUT2D eigenvalue weighted by Crippen LogP contribution is 2.15. The van der Waals surface area contributed by atoms with Gasteiger partial charge in [0.15, 0.2) is 0 Å². The summed E-state index contributed by atoms with van der Waals surface area (Å²) >= 11 is 0. The number of halogens is 1. The molecule has 0 unspecified atom stereocenters. The molecule has 0 saturated carbocycles. The maximum atomic E-state index is 13.0. The van der Waals surface area contributed by atoms with Crippen LogP contribution in [-0.2, 0) is 0 Å². The predicted octanol–water partition coefficient (Wildman–Crippen LogP) is 1.91. The molecular formula is C12H17FN2O. The van der Waals surface area contributed by atoms with E-state index in [1.165, 1.54) is 6.07 Å². The Morgan fingerprint density at radius 1 is 1.44 bits per heavy atom. The number of pyridine rings is 1. The molecule has 1 N–H and O–H groups in total. The Kier molecular flexibility index (Phi) is 3.72. The molecule has 2 heterocycles. The fraction of sp³-hybridized carbons (Fsp3) is 0.583. The number of aryl methyl sites for hydroxylation is 1. The average Bonchev–Trinajstić information content (AvgIpc) is 2.32. The van der Waals surface area contributed by atoms with Crippen LogP contribution in [0.3, 0.4) is 0 Å². The van der Waals surface area contributed by atoms with Crippen molar-refractivity contribution in [1.29, 1.82) is 0 Å². The van der Waals surface area contributed by atoms with E-state index in [9.17, 15) is 4.39 Å². The monoisotopic (exact) mass is 224 g/mol. The van der Waals surface area contributed by atoms with Gasteiger partial charge in [0, 0.05) is 6.07 Å². The van der Waals surface area contributed by atoms with Crippen LogP contribution in [0.4, 0.5) is 4.39 Å². The van der Waals surface area contributed by atoms with Crippen LogP contribution in [-0.4, -0.2) is 24.7 Å². The minimum Gasteiger partial charge on any atom is -0.477 e. The van der Waals surface area contributed by atoms with E-state index in [0.29, 0.717) is 24.1 Å². The second kappa shape index (κ2) is 5.25. The Morgan fingerprint density at radius 3 is 2.88 bits per heavy atom. The number of piperidine rings is 1. The van der Waals surface area contributed by atoms with E-state index in [1.54, 1.807) is 13.0 Å². The van der Waals surface area contributed by atoms with E-state index in [0.717, 1.165) is 25.9 Å². The SMILES string of the molecule is Cc1nc(OCC2CCNCC2)ccc1F. The molecule has 0 amide bonds. The van der Waals surface area contributed by atoms with Crippen LogP contribution in [0.15, 0.2) is 12.1 Å². The molecule has 1 saturated heterocycles. The van der Waals surface area contributed by atoms with Gasteiger partial charge < -0.3 is 10.1 Å². The zero-order chi connectivity index (χ0) is 11.4. The summed E-state index contributed by atoms with van der Waals surface area (Å²) in [6, 6.07) is 2.99. The second-order valence-electron chi connectivity index (χ2n) is 4.22. The minimum atomic E-state index is -0.283. The number of hydrogen-bond acceptors (Lipinski definition) is 3. The molecule has 1 aliphatic heterocycles. The number of ether oxygens (including phenoxy) is 1. The van der Waals surface area contributed by atoms with Crippen molar-refractivity contribution in [1.82, 2.24) is 10.3 Å². The van der Waals surface area contributed by atoms with Crippen LogP contribution in [0.1, 0.15) is 18.5 Å². The van der Waals surface area contributed by atoms with E-state index in [2.05, 4.69) is 10.3 Å². The van der Waals surface area contributed by atoms with Gasteiger partial charge in [0.2, 0.25) is 5.88 Å². The lowest BCUT2D eigenvalue weighted by atomic mass is 9.99. The van der Waals surface area contributed by atoms with Gasteiger partial charge in [-0.15, -0.1) is 0 Å². The lowest BCUT2D eigenvalue weighted by Crippen LogP contribution is -2.30. The van der Waals surface area contributed by atoms with Gasteiger partial charge in [-0.2, -0.15) is 0 Å². The third-order valence-electron chi connectivity index (χ3n) is 2.92. The fourth-order valence-corrected chi connectivity index (χ4v) is 1.85. The molecular weight excluding hydrogens is 207 g/mol. The van der Waals surface area contributed by atoms with Crippen molar-refractivity contribution in [3.8, 4) is 5.88 Å². The highest BCUT2D eigenvalue weighted by atomic mass is 19.1. The first kappa shape index (κ1) is 11.3. The smallest absolute Gasteiger partial charge is 0.213 e. The van der Waals surface area contributed by atoms with E-state index in [1.807, 2.05) is 0 Å². The first-order chi connectivity index (χ1) is 7.75. The zero-order valence-corrected chi connectivity index (χ0v) is 9.50. The minimum absolute atomic E-state index is 0.283. The van der Waals surface area contributed by atoms with E-state index in [4.69, 9.17) is 4.74 Å². The molecule has 1 aromatic heterocycles. The van der Waals surface area contributed by atoms with Gasteiger partial charge in [-0.05, 0) is 44.8 Å². The first-order valence-electron chi connectivity index (χ1n) is 5.72. The average molecular weight is 224 g/mol. The number of aromatic nitrogens is 1. The number of rotatable bonds is 3. The number of nitrogens with one attached hydrogen (secondary N) is 1. The van der Waals surface area contributed by atoms with Crippen LogP contribution >= 0.6 is 0 Å². The molecule has 0 bridgehead atoms. The van der Waals surface area contributed by atoms with Crippen molar-refractivity contribution < 1.29 is 9.13 Å². The third-order valence-corrected chi connectivity index (χ3v) is 2.92. The second-order valence-corrected chi connectivity index (χ2v) is 4.22. The molecule has 0 aromatic carbocycles. The van der Waals surface area contributed by atoms with Crippen molar-refractivity contribution in [2.45, 2.75) is 19.8 Å². The summed E-state index contributed by atoms with van der Waals surface area (Å²) in [5.41, 5.74) is 0.391. The summed E-state index contributed by atoms with van der Waals surface area (Å²) in [7, 11) is 0. The summed E-state index contributed by atoms with van der Waals surface area (Å²) in [5.74, 6) is 0.833. The molecule has 88 valence electrons. The van der Waals surface area contributed by atoms with Crippen LogP contribution in [0, 0.1) is 18.7 Å². The Hall–Kier alpha value is -1.16. The van der Waals surface area contributed by atoms with Crippen molar-refractivity contribution in [3.05, 3.63) is 23.6 Å². The highest BCUT2D eigenvalue weighted by molar-refractivity contribution is 5.16. The number of hydrogen-bond donors (Lipinski definition) is 1. The summed E-state index contributed by atoms with van der Waals surface area (Å²) in [6.07, 6.45) is 2.28. The first-order valence-corrected chi connectivity index (χ1v) is 5.72. The lowest BCUT2D eigenvalue weighted by Gasteiger charge is -2.22. The maximum absolute atomic E-state index is 13.0. The topological polar surface area (TPSA) is 34.1 Å². The van der Waals surface area contributed by atoms with Crippen molar-refractivity contribution in [3.63, 3.8) is 0 Å². The van der Waals surface area contributed by atoms with Gasteiger partial charge in [0.05, 0.1) is 12.3 Å². The molecule has 2 rings (SSSR count). The highest BCUT2D eigenvalue weighted by Gasteiger charge is 2.13. The normalized spacial score (nSPS) is 17.4. The predicted molar refractivity (Wildman–Crippen MR) is 60.0 cm³/mol. The standard InChI is InChI=1S/C12H17FN2O/c1-9-11(13)2-3-12(15-9)16-8-10-4-6-14-7-5-10/h2-3,10,14H,4-8H2,1H3. The van der Waals surface area contributed by atoms with Crippen molar-refractivity contribution in [2.75, 3.05) is 19.7 Å². The molecule has 0 radical (unpaired) electrons. The molecule has 1 fully saturated rings. The van der Waals surface area contributed by atoms with Gasteiger partial charge >= 0.3 is 0 Å². The van der Waals surface area contributed by atoms with Crippen LogP contribution in [0.2, 0.25) is 0 Å². The maximum Gasteiger partial charge on any atom is 0.213 e. The summed E-state index contributed by atoms with van der Waals surface area (Å²) in [4.78, 5) is 4.04. The summed E-state index contributed by atoms with van der Waals surface area (Å²) in [6.45, 7) is 4.44. The molecule has 1 aromatic rings. The fourth-order valence-electron chi connectivity index (χ4n) is 1.85. The zero-order valence-electron chi connectivity index (χ0n) is 9.50. The third kappa shape index (κ3) is 2.92. The van der Waals surface area contributed by atoms with Gasteiger partial charge in [-0.25, -0.2) is 9.37 Å². The van der Waals surface area contributed by atoms with Gasteiger partial charge in [0.25, 0.3) is 0 Å².